The van der Waals surface area contributed by atoms with E-state index in [-0.39, 0.29) is 11.9 Å². The Morgan fingerprint density at radius 3 is 2.95 bits per heavy atom. The monoisotopic (exact) mass is 333 g/mol. The van der Waals surface area contributed by atoms with E-state index in [0.29, 0.717) is 21.6 Å². The largest absolute Gasteiger partial charge is 0.340 e. The van der Waals surface area contributed by atoms with Gasteiger partial charge in [0, 0.05) is 10.6 Å². The van der Waals surface area contributed by atoms with Gasteiger partial charge >= 0.3 is 0 Å². The molecule has 22 heavy (non-hydrogen) atoms. The maximum absolute atomic E-state index is 12.0. The number of carbonyl (C=O) groups is 1. The minimum atomic E-state index is -0.380. The van der Waals surface area contributed by atoms with Crippen molar-refractivity contribution in [2.45, 2.75) is 13.0 Å². The van der Waals surface area contributed by atoms with E-state index < -0.39 is 0 Å². The molecule has 1 N–H and O–H groups in total. The first-order valence-corrected chi connectivity index (χ1v) is 7.83. The Kier molecular flexibility index (Phi) is 4.22. The van der Waals surface area contributed by atoms with Crippen LogP contribution in [0.5, 0.6) is 0 Å². The van der Waals surface area contributed by atoms with Gasteiger partial charge in [-0.15, -0.1) is 11.3 Å². The highest BCUT2D eigenvalue weighted by Crippen LogP contribution is 2.22. The predicted molar refractivity (Wildman–Crippen MR) is 84.9 cm³/mol. The molecule has 0 aliphatic rings. The van der Waals surface area contributed by atoms with Crippen LogP contribution in [-0.4, -0.2) is 16.0 Å². The summed E-state index contributed by atoms with van der Waals surface area (Å²) >= 11 is 7.33. The van der Waals surface area contributed by atoms with Gasteiger partial charge in [-0.25, -0.2) is 0 Å². The van der Waals surface area contributed by atoms with Crippen molar-refractivity contribution in [3.63, 3.8) is 0 Å². The molecular formula is C15H12ClN3O2S. The average molecular weight is 334 g/mol. The number of rotatable bonds is 4. The molecule has 0 saturated heterocycles. The van der Waals surface area contributed by atoms with E-state index in [1.807, 2.05) is 23.6 Å². The van der Waals surface area contributed by atoms with Crippen molar-refractivity contribution < 1.29 is 9.32 Å². The van der Waals surface area contributed by atoms with Gasteiger partial charge in [-0.05, 0) is 30.5 Å². The Morgan fingerprint density at radius 1 is 1.36 bits per heavy atom. The van der Waals surface area contributed by atoms with E-state index in [1.54, 1.807) is 25.1 Å². The molecule has 1 aromatic carbocycles. The molecule has 0 saturated carbocycles. The summed E-state index contributed by atoms with van der Waals surface area (Å²) in [7, 11) is 0. The van der Waals surface area contributed by atoms with Crippen molar-refractivity contribution in [1.82, 2.24) is 15.5 Å². The minimum absolute atomic E-state index is 0.162. The number of amides is 1. The maximum atomic E-state index is 12.0. The summed E-state index contributed by atoms with van der Waals surface area (Å²) in [5.74, 6) is 0.625. The lowest BCUT2D eigenvalue weighted by molar-refractivity contribution is 0.0936. The summed E-state index contributed by atoms with van der Waals surface area (Å²) in [5.41, 5.74) is 0.763. The highest BCUT2D eigenvalue weighted by molar-refractivity contribution is 7.12. The number of nitrogens with zero attached hydrogens (tertiary/aromatic N) is 2. The van der Waals surface area contributed by atoms with Gasteiger partial charge < -0.3 is 9.84 Å². The third-order valence-corrected chi connectivity index (χ3v) is 4.09. The standard InChI is InChI=1S/C15H12ClN3O2S/c1-9(17-14(20)12-6-3-7-22-12)15-18-13(19-21-15)10-4-2-5-11(16)8-10/h2-9H,1H3,(H,17,20)/t9-/m1/s1. The lowest BCUT2D eigenvalue weighted by Gasteiger charge is -2.07. The van der Waals surface area contributed by atoms with Crippen LogP contribution in [0.2, 0.25) is 5.02 Å². The molecule has 0 unspecified atom stereocenters. The molecule has 5 nitrogen and oxygen atoms in total. The number of carbonyl (C=O) groups excluding carboxylic acids is 1. The zero-order valence-electron chi connectivity index (χ0n) is 11.6. The molecule has 2 aromatic heterocycles. The molecule has 0 fully saturated rings. The predicted octanol–water partition coefficient (Wildman–Crippen LogP) is 3.94. The van der Waals surface area contributed by atoms with Crippen LogP contribution in [0.25, 0.3) is 11.4 Å². The molecule has 0 spiro atoms. The maximum Gasteiger partial charge on any atom is 0.261 e. The molecule has 2 heterocycles. The SMILES string of the molecule is C[C@@H](NC(=O)c1cccs1)c1nc(-c2cccc(Cl)c2)no1. The second-order valence-corrected chi connectivity index (χ2v) is 6.02. The fourth-order valence-corrected chi connectivity index (χ4v) is 2.71. The third-order valence-electron chi connectivity index (χ3n) is 2.99. The lowest BCUT2D eigenvalue weighted by Crippen LogP contribution is -2.26. The average Bonchev–Trinajstić information content (AvgIpc) is 3.19. The lowest BCUT2D eigenvalue weighted by atomic mass is 10.2. The second kappa shape index (κ2) is 6.29. The number of hydrogen-bond donors (Lipinski definition) is 1. The summed E-state index contributed by atoms with van der Waals surface area (Å²) in [5, 5.41) is 9.20. The van der Waals surface area contributed by atoms with E-state index in [1.165, 1.54) is 11.3 Å². The van der Waals surface area contributed by atoms with Crippen LogP contribution in [0.15, 0.2) is 46.3 Å². The molecule has 0 bridgehead atoms. The van der Waals surface area contributed by atoms with Crippen LogP contribution < -0.4 is 5.32 Å². The van der Waals surface area contributed by atoms with Crippen LogP contribution in [0.4, 0.5) is 0 Å². The van der Waals surface area contributed by atoms with Gasteiger partial charge in [-0.3, -0.25) is 4.79 Å². The summed E-state index contributed by atoms with van der Waals surface area (Å²) in [6.07, 6.45) is 0. The van der Waals surface area contributed by atoms with Crippen LogP contribution >= 0.6 is 22.9 Å². The molecular weight excluding hydrogens is 322 g/mol. The number of halogens is 1. The van der Waals surface area contributed by atoms with Crippen LogP contribution in [0, 0.1) is 0 Å². The Hall–Kier alpha value is -2.18. The van der Waals surface area contributed by atoms with Crippen molar-refractivity contribution >= 4 is 28.8 Å². The van der Waals surface area contributed by atoms with Crippen molar-refractivity contribution in [3.05, 3.63) is 57.6 Å². The highest BCUT2D eigenvalue weighted by Gasteiger charge is 2.18. The van der Waals surface area contributed by atoms with Gasteiger partial charge in [0.2, 0.25) is 11.7 Å². The molecule has 3 rings (SSSR count). The number of nitrogens with one attached hydrogen (secondary N) is 1. The number of aromatic nitrogens is 2. The topological polar surface area (TPSA) is 68.0 Å². The number of thiophene rings is 1. The van der Waals surface area contributed by atoms with Crippen LogP contribution in [0.3, 0.4) is 0 Å². The summed E-state index contributed by atoms with van der Waals surface area (Å²) in [4.78, 5) is 17.0. The van der Waals surface area contributed by atoms with E-state index in [0.717, 1.165) is 5.56 Å². The van der Waals surface area contributed by atoms with Crippen molar-refractivity contribution in [3.8, 4) is 11.4 Å². The Balaban J connectivity index is 1.74. The first-order valence-electron chi connectivity index (χ1n) is 6.57. The van der Waals surface area contributed by atoms with Crippen molar-refractivity contribution in [2.24, 2.45) is 0 Å². The smallest absolute Gasteiger partial charge is 0.261 e. The zero-order chi connectivity index (χ0) is 15.5. The summed E-state index contributed by atoms with van der Waals surface area (Å²) in [6, 6.07) is 10.4. The van der Waals surface area contributed by atoms with Gasteiger partial charge in [0.15, 0.2) is 0 Å². The van der Waals surface area contributed by atoms with E-state index in [9.17, 15) is 4.79 Å². The van der Waals surface area contributed by atoms with Gasteiger partial charge in [-0.1, -0.05) is 35.0 Å². The number of hydrogen-bond acceptors (Lipinski definition) is 5. The summed E-state index contributed by atoms with van der Waals surface area (Å²) < 4.78 is 5.22. The van der Waals surface area contributed by atoms with Gasteiger partial charge in [0.05, 0.1) is 4.88 Å². The highest BCUT2D eigenvalue weighted by atomic mass is 35.5. The second-order valence-electron chi connectivity index (χ2n) is 4.64. The van der Waals surface area contributed by atoms with E-state index in [2.05, 4.69) is 15.5 Å². The zero-order valence-corrected chi connectivity index (χ0v) is 13.2. The minimum Gasteiger partial charge on any atom is -0.340 e. The fourth-order valence-electron chi connectivity index (χ4n) is 1.89. The molecule has 0 radical (unpaired) electrons. The Bertz CT molecular complexity index is 786. The van der Waals surface area contributed by atoms with Gasteiger partial charge in [0.1, 0.15) is 6.04 Å². The number of benzene rings is 1. The van der Waals surface area contributed by atoms with Crippen molar-refractivity contribution in [1.29, 1.82) is 0 Å². The van der Waals surface area contributed by atoms with Gasteiger partial charge in [-0.2, -0.15) is 4.98 Å². The molecule has 0 aliphatic carbocycles. The van der Waals surface area contributed by atoms with Crippen LogP contribution in [-0.2, 0) is 0 Å². The quantitative estimate of drug-likeness (QED) is 0.785. The molecule has 1 atom stereocenters. The third kappa shape index (κ3) is 3.18. The Morgan fingerprint density at radius 2 is 2.23 bits per heavy atom. The molecule has 1 amide bonds. The fraction of sp³-hybridized carbons (Fsp3) is 0.133. The molecule has 112 valence electrons. The summed E-state index contributed by atoms with van der Waals surface area (Å²) in [6.45, 7) is 1.79. The molecule has 3 aromatic rings. The molecule has 0 aliphatic heterocycles. The first kappa shape index (κ1) is 14.7. The van der Waals surface area contributed by atoms with Gasteiger partial charge in [0.25, 0.3) is 5.91 Å². The Labute approximate surface area is 135 Å². The molecule has 7 heteroatoms. The van der Waals surface area contributed by atoms with E-state index >= 15 is 0 Å². The first-order chi connectivity index (χ1) is 10.6. The van der Waals surface area contributed by atoms with E-state index in [4.69, 9.17) is 16.1 Å². The van der Waals surface area contributed by atoms with Crippen molar-refractivity contribution in [2.75, 3.05) is 0 Å². The normalized spacial score (nSPS) is 12.1. The van der Waals surface area contributed by atoms with Crippen LogP contribution in [0.1, 0.15) is 28.5 Å².